The van der Waals surface area contributed by atoms with Gasteiger partial charge in [0.15, 0.2) is 0 Å². The highest BCUT2D eigenvalue weighted by molar-refractivity contribution is 6.33. The first kappa shape index (κ1) is 22.4. The first-order chi connectivity index (χ1) is 15.9. The van der Waals surface area contributed by atoms with Crippen LogP contribution < -0.4 is 10.2 Å². The van der Waals surface area contributed by atoms with Gasteiger partial charge in [0.2, 0.25) is 0 Å². The van der Waals surface area contributed by atoms with E-state index in [9.17, 15) is 13.6 Å². The number of nitrogens with zero attached hydrogens (tertiary/aromatic N) is 2. The molecule has 1 heterocycles. The van der Waals surface area contributed by atoms with Crippen LogP contribution in [0.4, 0.5) is 8.78 Å². The second kappa shape index (κ2) is 9.75. The fraction of sp³-hybridized carbons (Fsp3) is 0.0800. The molecule has 0 atom stereocenters. The van der Waals surface area contributed by atoms with Gasteiger partial charge in [-0.2, -0.15) is 13.9 Å². The Morgan fingerprint density at radius 3 is 2.45 bits per heavy atom. The molecule has 0 aliphatic rings. The minimum Gasteiger partial charge on any atom is -0.435 e. The zero-order valence-electron chi connectivity index (χ0n) is 17.4. The van der Waals surface area contributed by atoms with Gasteiger partial charge in [0.1, 0.15) is 5.75 Å². The number of hydrogen-bond donors (Lipinski definition) is 1. The summed E-state index contributed by atoms with van der Waals surface area (Å²) >= 11 is 6.34. The van der Waals surface area contributed by atoms with E-state index in [1.165, 1.54) is 12.1 Å². The van der Waals surface area contributed by atoms with E-state index in [1.54, 1.807) is 31.2 Å². The summed E-state index contributed by atoms with van der Waals surface area (Å²) < 4.78 is 29.0. The lowest BCUT2D eigenvalue weighted by Crippen LogP contribution is -2.20. The third-order valence-electron chi connectivity index (χ3n) is 4.93. The van der Waals surface area contributed by atoms with E-state index >= 15 is 0 Å². The summed E-state index contributed by atoms with van der Waals surface area (Å²) in [6, 6.07) is 22.3. The number of para-hydroxylation sites is 1. The van der Waals surface area contributed by atoms with Crippen molar-refractivity contribution in [3.8, 4) is 17.0 Å². The molecule has 4 aromatic rings. The van der Waals surface area contributed by atoms with Crippen LogP contribution in [0.25, 0.3) is 22.2 Å². The van der Waals surface area contributed by atoms with E-state index < -0.39 is 12.5 Å². The van der Waals surface area contributed by atoms with Gasteiger partial charge < -0.3 is 4.74 Å². The SMILES string of the molecule is C/C(=N\NC(=O)c1cc(-c2ccccc2Cl)nc2ccccc12)c1ccc(OC(F)F)cc1. The number of pyridine rings is 1. The normalized spacial score (nSPS) is 11.6. The Morgan fingerprint density at radius 1 is 1.03 bits per heavy atom. The number of rotatable bonds is 6. The van der Waals surface area contributed by atoms with Crippen LogP contribution in [0.3, 0.4) is 0 Å². The minimum atomic E-state index is -2.89. The molecule has 0 saturated heterocycles. The van der Waals surface area contributed by atoms with Crippen LogP contribution in [0.15, 0.2) is 84.0 Å². The molecule has 0 fully saturated rings. The van der Waals surface area contributed by atoms with Gasteiger partial charge >= 0.3 is 6.61 Å². The number of hydrazone groups is 1. The molecule has 0 bridgehead atoms. The Morgan fingerprint density at radius 2 is 1.73 bits per heavy atom. The number of nitrogens with one attached hydrogen (secondary N) is 1. The van der Waals surface area contributed by atoms with Crippen molar-refractivity contribution in [1.82, 2.24) is 10.4 Å². The molecule has 1 aromatic heterocycles. The average Bonchev–Trinajstić information content (AvgIpc) is 2.82. The van der Waals surface area contributed by atoms with Crippen LogP contribution in [0.5, 0.6) is 5.75 Å². The van der Waals surface area contributed by atoms with Crippen molar-refractivity contribution in [2.75, 3.05) is 0 Å². The zero-order chi connectivity index (χ0) is 23.4. The molecular weight excluding hydrogens is 448 g/mol. The number of carbonyl (C=O) groups is 1. The maximum absolute atomic E-state index is 13.1. The summed E-state index contributed by atoms with van der Waals surface area (Å²) in [5, 5.41) is 5.37. The average molecular weight is 466 g/mol. The lowest BCUT2D eigenvalue weighted by molar-refractivity contribution is -0.0498. The molecule has 1 N–H and O–H groups in total. The van der Waals surface area contributed by atoms with Crippen LogP contribution in [-0.2, 0) is 0 Å². The fourth-order valence-corrected chi connectivity index (χ4v) is 3.54. The smallest absolute Gasteiger partial charge is 0.387 e. The molecule has 166 valence electrons. The fourth-order valence-electron chi connectivity index (χ4n) is 3.31. The highest BCUT2D eigenvalue weighted by atomic mass is 35.5. The number of alkyl halides is 2. The van der Waals surface area contributed by atoms with Crippen molar-refractivity contribution in [3.63, 3.8) is 0 Å². The summed E-state index contributed by atoms with van der Waals surface area (Å²) in [5.74, 6) is -0.375. The van der Waals surface area contributed by atoms with Crippen LogP contribution in [-0.4, -0.2) is 23.2 Å². The van der Waals surface area contributed by atoms with Gasteiger partial charge in [-0.15, -0.1) is 0 Å². The summed E-state index contributed by atoms with van der Waals surface area (Å²) in [6.45, 7) is -1.20. The predicted octanol–water partition coefficient (Wildman–Crippen LogP) is 6.31. The molecule has 0 spiro atoms. The van der Waals surface area contributed by atoms with E-state index in [-0.39, 0.29) is 5.75 Å². The number of hydrogen-bond acceptors (Lipinski definition) is 4. The van der Waals surface area contributed by atoms with Crippen molar-refractivity contribution >= 4 is 34.1 Å². The van der Waals surface area contributed by atoms with Crippen LogP contribution in [0.1, 0.15) is 22.8 Å². The van der Waals surface area contributed by atoms with Crippen molar-refractivity contribution in [1.29, 1.82) is 0 Å². The number of ether oxygens (including phenoxy) is 1. The number of halogens is 3. The third-order valence-corrected chi connectivity index (χ3v) is 5.26. The van der Waals surface area contributed by atoms with E-state index in [0.29, 0.717) is 44.0 Å². The van der Waals surface area contributed by atoms with Gasteiger partial charge in [-0.3, -0.25) is 4.79 Å². The van der Waals surface area contributed by atoms with E-state index in [1.807, 2.05) is 42.5 Å². The van der Waals surface area contributed by atoms with E-state index in [4.69, 9.17) is 11.6 Å². The number of carbonyl (C=O) groups excluding carboxylic acids is 1. The maximum Gasteiger partial charge on any atom is 0.387 e. The van der Waals surface area contributed by atoms with Gasteiger partial charge in [-0.25, -0.2) is 10.4 Å². The second-order valence-corrected chi connectivity index (χ2v) is 7.50. The Hall–Kier alpha value is -3.84. The molecule has 5 nitrogen and oxygen atoms in total. The Balaban J connectivity index is 1.63. The Kier molecular flexibility index (Phi) is 6.60. The van der Waals surface area contributed by atoms with Gasteiger partial charge in [0.05, 0.1) is 22.5 Å². The molecular formula is C25H18ClF2N3O2. The molecule has 0 radical (unpaired) electrons. The summed E-state index contributed by atoms with van der Waals surface area (Å²) in [6.07, 6.45) is 0. The molecule has 0 unspecified atom stereocenters. The van der Waals surface area contributed by atoms with Crippen LogP contribution in [0, 0.1) is 0 Å². The zero-order valence-corrected chi connectivity index (χ0v) is 18.2. The van der Waals surface area contributed by atoms with Crippen molar-refractivity contribution in [2.45, 2.75) is 13.5 Å². The largest absolute Gasteiger partial charge is 0.435 e. The topological polar surface area (TPSA) is 63.6 Å². The van der Waals surface area contributed by atoms with Gasteiger partial charge in [-0.05, 0) is 55.0 Å². The van der Waals surface area contributed by atoms with Crippen molar-refractivity contribution in [2.24, 2.45) is 5.10 Å². The molecule has 8 heteroatoms. The predicted molar refractivity (Wildman–Crippen MR) is 125 cm³/mol. The second-order valence-electron chi connectivity index (χ2n) is 7.09. The third kappa shape index (κ3) is 5.15. The van der Waals surface area contributed by atoms with Crippen molar-refractivity contribution < 1.29 is 18.3 Å². The first-order valence-corrected chi connectivity index (χ1v) is 10.3. The highest BCUT2D eigenvalue weighted by Gasteiger charge is 2.15. The lowest BCUT2D eigenvalue weighted by Gasteiger charge is -2.10. The lowest BCUT2D eigenvalue weighted by atomic mass is 10.0. The molecule has 4 rings (SSSR count). The number of fused-ring (bicyclic) bond motifs is 1. The summed E-state index contributed by atoms with van der Waals surface area (Å²) in [7, 11) is 0. The van der Waals surface area contributed by atoms with Crippen LogP contribution >= 0.6 is 11.6 Å². The number of amides is 1. The molecule has 1 amide bonds. The molecule has 0 aliphatic heterocycles. The molecule has 33 heavy (non-hydrogen) atoms. The molecule has 0 aliphatic carbocycles. The van der Waals surface area contributed by atoms with Crippen molar-refractivity contribution in [3.05, 3.63) is 95.0 Å². The summed E-state index contributed by atoms with van der Waals surface area (Å²) in [4.78, 5) is 17.7. The first-order valence-electron chi connectivity index (χ1n) is 9.97. The number of benzene rings is 3. The Labute approximate surface area is 193 Å². The summed E-state index contributed by atoms with van der Waals surface area (Å²) in [5.41, 5.74) is 6.04. The van der Waals surface area contributed by atoms with Gasteiger partial charge in [-0.1, -0.05) is 48.0 Å². The Bertz CT molecular complexity index is 1340. The van der Waals surface area contributed by atoms with E-state index in [0.717, 1.165) is 0 Å². The standard InChI is InChI=1S/C25H18ClF2N3O2/c1-15(16-10-12-17(13-11-16)33-25(27)28)30-31-24(32)20-14-23(19-7-2-4-8-21(19)26)29-22-9-5-3-6-18(20)22/h2-14,25H,1H3,(H,31,32)/b30-15+. The van der Waals surface area contributed by atoms with Crippen LogP contribution in [0.2, 0.25) is 5.02 Å². The quantitative estimate of drug-likeness (QED) is 0.268. The monoisotopic (exact) mass is 465 g/mol. The minimum absolute atomic E-state index is 0.0425. The van der Waals surface area contributed by atoms with Gasteiger partial charge in [0.25, 0.3) is 5.91 Å². The maximum atomic E-state index is 13.1. The molecule has 0 saturated carbocycles. The molecule has 3 aromatic carbocycles. The number of aromatic nitrogens is 1. The van der Waals surface area contributed by atoms with Gasteiger partial charge in [0, 0.05) is 16.0 Å². The highest BCUT2D eigenvalue weighted by Crippen LogP contribution is 2.29. The van der Waals surface area contributed by atoms with E-state index in [2.05, 4.69) is 20.2 Å².